The van der Waals surface area contributed by atoms with Gasteiger partial charge >= 0.3 is 6.09 Å². The molecule has 0 fully saturated rings. The Labute approximate surface area is 65.3 Å². The van der Waals surface area contributed by atoms with Gasteiger partial charge in [-0.1, -0.05) is 0 Å². The average molecular weight is 160 g/mol. The molecule has 0 aliphatic carbocycles. The van der Waals surface area contributed by atoms with Crippen molar-refractivity contribution >= 4 is 6.09 Å². The largest absolute Gasteiger partial charge is 0.448 e. The number of nitrogens with zero attached hydrogens (tertiary/aromatic N) is 2. The maximum Gasteiger partial charge on any atom is 0.433 e. The van der Waals surface area contributed by atoms with E-state index in [0.717, 1.165) is 5.01 Å². The molecule has 0 bridgehead atoms. The normalized spacial score (nSPS) is 9.45. The summed E-state index contributed by atoms with van der Waals surface area (Å²) in [4.78, 5) is 20.9. The molecule has 0 aliphatic rings. The number of hydrogen-bond acceptors (Lipinski definition) is 4. The van der Waals surface area contributed by atoms with E-state index in [1.807, 2.05) is 0 Å². The Kier molecular flexibility index (Phi) is 4.17. The second-order valence-electron chi connectivity index (χ2n) is 2.22. The van der Waals surface area contributed by atoms with Crippen LogP contribution >= 0.6 is 0 Å². The Morgan fingerprint density at radius 1 is 1.64 bits per heavy atom. The molecule has 5 nitrogen and oxygen atoms in total. The third-order valence-electron chi connectivity index (χ3n) is 1.03. The van der Waals surface area contributed by atoms with Crippen LogP contribution in [0.5, 0.6) is 0 Å². The fourth-order valence-corrected chi connectivity index (χ4v) is 0.528. The molecule has 0 saturated carbocycles. The first-order chi connectivity index (χ1) is 5.13. The van der Waals surface area contributed by atoms with Crippen molar-refractivity contribution in [3.05, 3.63) is 4.91 Å². The van der Waals surface area contributed by atoms with Crippen molar-refractivity contribution in [1.29, 1.82) is 0 Å². The molecular weight excluding hydrogens is 148 g/mol. The second-order valence-corrected chi connectivity index (χ2v) is 2.22. The van der Waals surface area contributed by atoms with Gasteiger partial charge in [-0.3, -0.25) is 0 Å². The molecule has 0 rings (SSSR count). The van der Waals surface area contributed by atoms with Gasteiger partial charge in [0, 0.05) is 0 Å². The van der Waals surface area contributed by atoms with E-state index in [2.05, 4.69) is 10.0 Å². The van der Waals surface area contributed by atoms with Crippen molar-refractivity contribution in [1.82, 2.24) is 5.01 Å². The van der Waals surface area contributed by atoms with Crippen LogP contribution in [0.1, 0.15) is 20.8 Å². The highest BCUT2D eigenvalue weighted by Crippen LogP contribution is 2.01. The predicted octanol–water partition coefficient (Wildman–Crippen LogP) is 1.53. The van der Waals surface area contributed by atoms with Crippen molar-refractivity contribution in [3.63, 3.8) is 0 Å². The van der Waals surface area contributed by atoms with Gasteiger partial charge in [0.1, 0.15) is 0 Å². The van der Waals surface area contributed by atoms with E-state index in [4.69, 9.17) is 0 Å². The molecule has 0 aromatic carbocycles. The summed E-state index contributed by atoms with van der Waals surface area (Å²) in [6, 6.07) is -0.258. The number of nitroso groups, excluding NO2 is 1. The number of carbonyl (C=O) groups excluding carboxylic acids is 1. The van der Waals surface area contributed by atoms with Crippen LogP contribution in [0.4, 0.5) is 4.79 Å². The fourth-order valence-electron chi connectivity index (χ4n) is 0.528. The zero-order valence-corrected chi connectivity index (χ0v) is 6.90. The van der Waals surface area contributed by atoms with Crippen LogP contribution in [0, 0.1) is 4.91 Å². The first-order valence-corrected chi connectivity index (χ1v) is 3.42. The lowest BCUT2D eigenvalue weighted by Crippen LogP contribution is -2.32. The van der Waals surface area contributed by atoms with Crippen LogP contribution in [0.15, 0.2) is 5.29 Å². The second kappa shape index (κ2) is 4.65. The maximum atomic E-state index is 10.8. The summed E-state index contributed by atoms with van der Waals surface area (Å²) in [5.41, 5.74) is 0. The van der Waals surface area contributed by atoms with Gasteiger partial charge < -0.3 is 4.74 Å². The maximum absolute atomic E-state index is 10.8. The van der Waals surface area contributed by atoms with Gasteiger partial charge in [0.05, 0.1) is 17.9 Å². The first-order valence-electron chi connectivity index (χ1n) is 3.42. The van der Waals surface area contributed by atoms with Crippen molar-refractivity contribution < 1.29 is 9.53 Å². The molecule has 5 heteroatoms. The molecule has 1 amide bonds. The van der Waals surface area contributed by atoms with Gasteiger partial charge in [-0.25, -0.2) is 4.79 Å². The van der Waals surface area contributed by atoms with Crippen LogP contribution in [0.2, 0.25) is 0 Å². The monoisotopic (exact) mass is 160 g/mol. The molecule has 64 valence electrons. The summed E-state index contributed by atoms with van der Waals surface area (Å²) < 4.78 is 4.55. The summed E-state index contributed by atoms with van der Waals surface area (Å²) in [5.74, 6) is 0. The minimum atomic E-state index is -0.697. The van der Waals surface area contributed by atoms with Crippen LogP contribution in [0.25, 0.3) is 0 Å². The lowest BCUT2D eigenvalue weighted by molar-refractivity contribution is 0.0967. The van der Waals surface area contributed by atoms with Crippen LogP contribution < -0.4 is 0 Å². The quantitative estimate of drug-likeness (QED) is 0.464. The van der Waals surface area contributed by atoms with E-state index in [-0.39, 0.29) is 12.6 Å². The Balaban J connectivity index is 4.03. The van der Waals surface area contributed by atoms with Crippen molar-refractivity contribution in [2.45, 2.75) is 26.8 Å². The van der Waals surface area contributed by atoms with E-state index < -0.39 is 6.09 Å². The SMILES string of the molecule is CCOC(=O)N(N=O)C(C)C. The van der Waals surface area contributed by atoms with E-state index in [1.165, 1.54) is 0 Å². The van der Waals surface area contributed by atoms with Crippen molar-refractivity contribution in [2.24, 2.45) is 5.29 Å². The smallest absolute Gasteiger partial charge is 0.433 e. The van der Waals surface area contributed by atoms with Crippen molar-refractivity contribution in [2.75, 3.05) is 6.61 Å². The Bertz CT molecular complexity index is 147. The van der Waals surface area contributed by atoms with E-state index in [0.29, 0.717) is 0 Å². The summed E-state index contributed by atoms with van der Waals surface area (Å²) in [6.07, 6.45) is -0.697. The minimum Gasteiger partial charge on any atom is -0.448 e. The molecule has 0 radical (unpaired) electrons. The fraction of sp³-hybridized carbons (Fsp3) is 0.833. The molecule has 11 heavy (non-hydrogen) atoms. The predicted molar refractivity (Wildman–Crippen MR) is 39.8 cm³/mol. The molecule has 0 unspecified atom stereocenters. The van der Waals surface area contributed by atoms with Gasteiger partial charge in [-0.15, -0.1) is 4.91 Å². The molecule has 0 aromatic rings. The van der Waals surface area contributed by atoms with Crippen LogP contribution in [0.3, 0.4) is 0 Å². The van der Waals surface area contributed by atoms with E-state index >= 15 is 0 Å². The lowest BCUT2D eigenvalue weighted by atomic mass is 10.4. The Morgan fingerprint density at radius 3 is 2.45 bits per heavy atom. The topological polar surface area (TPSA) is 59.0 Å². The number of hydrogen-bond donors (Lipinski definition) is 0. The standard InChI is InChI=1S/C6H12N2O3/c1-4-11-6(9)8(7-10)5(2)3/h5H,4H2,1-3H3. The molecular formula is C6H12N2O3. The van der Waals surface area contributed by atoms with Crippen molar-refractivity contribution in [3.8, 4) is 0 Å². The third-order valence-corrected chi connectivity index (χ3v) is 1.03. The lowest BCUT2D eigenvalue weighted by Gasteiger charge is -2.15. The molecule has 0 N–H and O–H groups in total. The number of rotatable bonds is 3. The highest BCUT2D eigenvalue weighted by Gasteiger charge is 2.17. The van der Waals surface area contributed by atoms with Gasteiger partial charge in [-0.2, -0.15) is 5.01 Å². The number of amides is 1. The zero-order chi connectivity index (χ0) is 8.85. The van der Waals surface area contributed by atoms with Gasteiger partial charge in [-0.05, 0) is 20.8 Å². The molecule has 0 aromatic heterocycles. The Hall–Kier alpha value is -1.13. The molecule has 0 spiro atoms. The average Bonchev–Trinajstić information content (AvgIpc) is 1.88. The molecule has 0 heterocycles. The Morgan fingerprint density at radius 2 is 2.18 bits per heavy atom. The summed E-state index contributed by atoms with van der Waals surface area (Å²) in [5, 5.41) is 3.27. The highest BCUT2D eigenvalue weighted by molar-refractivity contribution is 5.67. The summed E-state index contributed by atoms with van der Waals surface area (Å²) in [7, 11) is 0. The van der Waals surface area contributed by atoms with Gasteiger partial charge in [0.15, 0.2) is 0 Å². The molecule has 0 aliphatic heterocycles. The van der Waals surface area contributed by atoms with E-state index in [9.17, 15) is 9.70 Å². The number of ether oxygens (including phenoxy) is 1. The van der Waals surface area contributed by atoms with Crippen LogP contribution in [-0.2, 0) is 4.74 Å². The molecule has 0 atom stereocenters. The highest BCUT2D eigenvalue weighted by atomic mass is 16.6. The third kappa shape index (κ3) is 2.97. The summed E-state index contributed by atoms with van der Waals surface area (Å²) >= 11 is 0. The zero-order valence-electron chi connectivity index (χ0n) is 6.90. The minimum absolute atomic E-state index is 0.248. The van der Waals surface area contributed by atoms with Gasteiger partial charge in [0.2, 0.25) is 0 Å². The van der Waals surface area contributed by atoms with Gasteiger partial charge in [0.25, 0.3) is 0 Å². The van der Waals surface area contributed by atoms with E-state index in [1.54, 1.807) is 20.8 Å². The van der Waals surface area contributed by atoms with Crippen LogP contribution in [-0.4, -0.2) is 23.8 Å². The molecule has 0 saturated heterocycles. The number of carbonyl (C=O) groups is 1. The summed E-state index contributed by atoms with van der Waals surface area (Å²) in [6.45, 7) is 5.27. The first kappa shape index (κ1) is 9.87.